The second kappa shape index (κ2) is 6.54. The van der Waals surface area contributed by atoms with Gasteiger partial charge in [-0.1, -0.05) is 11.6 Å². The van der Waals surface area contributed by atoms with Crippen LogP contribution in [0, 0.1) is 0 Å². The van der Waals surface area contributed by atoms with Gasteiger partial charge in [-0.25, -0.2) is 0 Å². The lowest BCUT2D eigenvalue weighted by molar-refractivity contribution is -0.116. The number of anilines is 1. The number of furan rings is 1. The maximum atomic E-state index is 12.3. The van der Waals surface area contributed by atoms with E-state index in [4.69, 9.17) is 16.0 Å². The van der Waals surface area contributed by atoms with Gasteiger partial charge in [0, 0.05) is 23.1 Å². The lowest BCUT2D eigenvalue weighted by atomic mass is 10.1. The molecule has 22 heavy (non-hydrogen) atoms. The van der Waals surface area contributed by atoms with Crippen molar-refractivity contribution in [1.29, 1.82) is 0 Å². The Morgan fingerprint density at radius 3 is 2.50 bits per heavy atom. The van der Waals surface area contributed by atoms with Crippen LogP contribution in [0.4, 0.5) is 5.69 Å². The van der Waals surface area contributed by atoms with Crippen molar-refractivity contribution in [3.8, 4) is 0 Å². The number of amides is 1. The molecule has 1 N–H and O–H groups in total. The van der Waals surface area contributed by atoms with Gasteiger partial charge in [-0.2, -0.15) is 0 Å². The van der Waals surface area contributed by atoms with Gasteiger partial charge in [0.25, 0.3) is 0 Å². The summed E-state index contributed by atoms with van der Waals surface area (Å²) in [6.45, 7) is 0. The van der Waals surface area contributed by atoms with E-state index in [1.807, 2.05) is 41.2 Å². The normalized spacial score (nSPS) is 12.0. The number of benzene rings is 1. The van der Waals surface area contributed by atoms with E-state index in [1.165, 1.54) is 0 Å². The highest BCUT2D eigenvalue weighted by Gasteiger charge is 2.19. The van der Waals surface area contributed by atoms with Crippen molar-refractivity contribution in [3.63, 3.8) is 0 Å². The molecule has 2 aromatic heterocycles. The molecule has 2 heterocycles. The van der Waals surface area contributed by atoms with Gasteiger partial charge in [0.05, 0.1) is 18.7 Å². The van der Waals surface area contributed by atoms with Crippen molar-refractivity contribution >= 4 is 23.2 Å². The van der Waals surface area contributed by atoms with Crippen LogP contribution in [0.25, 0.3) is 0 Å². The summed E-state index contributed by atoms with van der Waals surface area (Å²) in [5.41, 5.74) is 0.722. The van der Waals surface area contributed by atoms with Crippen LogP contribution < -0.4 is 5.32 Å². The molecule has 5 heteroatoms. The van der Waals surface area contributed by atoms with Crippen LogP contribution in [0.3, 0.4) is 0 Å². The molecule has 0 unspecified atom stereocenters. The fourth-order valence-electron chi connectivity index (χ4n) is 2.31. The minimum Gasteiger partial charge on any atom is -0.467 e. The zero-order chi connectivity index (χ0) is 15.4. The van der Waals surface area contributed by atoms with E-state index >= 15 is 0 Å². The van der Waals surface area contributed by atoms with Gasteiger partial charge in [0.2, 0.25) is 5.91 Å². The number of nitrogens with zero attached hydrogens (tertiary/aromatic N) is 1. The Morgan fingerprint density at radius 1 is 1.14 bits per heavy atom. The first kappa shape index (κ1) is 14.5. The summed E-state index contributed by atoms with van der Waals surface area (Å²) in [4.78, 5) is 12.3. The minimum atomic E-state index is -0.169. The molecular weight excluding hydrogens is 300 g/mol. The molecule has 1 atom stereocenters. The fourth-order valence-corrected chi connectivity index (χ4v) is 2.44. The van der Waals surface area contributed by atoms with Crippen LogP contribution in [-0.2, 0) is 4.79 Å². The van der Waals surface area contributed by atoms with E-state index in [2.05, 4.69) is 5.32 Å². The third-order valence-electron chi connectivity index (χ3n) is 3.37. The Bertz CT molecular complexity index is 684. The van der Waals surface area contributed by atoms with Crippen LogP contribution in [0.15, 0.2) is 71.6 Å². The summed E-state index contributed by atoms with van der Waals surface area (Å²) in [5.74, 6) is 0.667. The van der Waals surface area contributed by atoms with Gasteiger partial charge in [0.15, 0.2) is 0 Å². The number of nitrogens with one attached hydrogen (secondary N) is 1. The number of carbonyl (C=O) groups is 1. The Kier molecular flexibility index (Phi) is 4.30. The second-order valence-corrected chi connectivity index (χ2v) is 5.36. The highest BCUT2D eigenvalue weighted by atomic mass is 35.5. The van der Waals surface area contributed by atoms with Gasteiger partial charge >= 0.3 is 0 Å². The first-order valence-corrected chi connectivity index (χ1v) is 7.31. The predicted octanol–water partition coefficient (Wildman–Crippen LogP) is 4.35. The van der Waals surface area contributed by atoms with Crippen LogP contribution >= 0.6 is 11.6 Å². The number of carbonyl (C=O) groups excluding carboxylic acids is 1. The highest BCUT2D eigenvalue weighted by molar-refractivity contribution is 6.30. The summed E-state index contributed by atoms with van der Waals surface area (Å²) >= 11 is 5.84. The van der Waals surface area contributed by atoms with Gasteiger partial charge < -0.3 is 14.3 Å². The molecule has 0 radical (unpaired) electrons. The molecule has 0 fully saturated rings. The number of hydrogen-bond acceptors (Lipinski definition) is 2. The molecule has 0 bridgehead atoms. The Balaban J connectivity index is 1.73. The Morgan fingerprint density at radius 2 is 1.86 bits per heavy atom. The summed E-state index contributed by atoms with van der Waals surface area (Å²) in [5, 5.41) is 3.51. The molecule has 4 nitrogen and oxygen atoms in total. The summed E-state index contributed by atoms with van der Waals surface area (Å²) in [7, 11) is 0. The highest BCUT2D eigenvalue weighted by Crippen LogP contribution is 2.23. The van der Waals surface area contributed by atoms with Crippen molar-refractivity contribution < 1.29 is 9.21 Å². The van der Waals surface area contributed by atoms with E-state index in [0.29, 0.717) is 5.02 Å². The zero-order valence-corrected chi connectivity index (χ0v) is 12.5. The molecule has 0 saturated heterocycles. The maximum Gasteiger partial charge on any atom is 0.226 e. The summed E-state index contributed by atoms with van der Waals surface area (Å²) in [6.07, 6.45) is 5.74. The van der Waals surface area contributed by atoms with E-state index in [1.54, 1.807) is 30.5 Å². The molecule has 0 saturated carbocycles. The molecule has 0 aliphatic heterocycles. The first-order chi connectivity index (χ1) is 10.7. The minimum absolute atomic E-state index is 0.0857. The number of hydrogen-bond donors (Lipinski definition) is 1. The molecule has 1 aromatic carbocycles. The van der Waals surface area contributed by atoms with E-state index in [-0.39, 0.29) is 18.4 Å². The van der Waals surface area contributed by atoms with Gasteiger partial charge in [-0.05, 0) is 48.5 Å². The zero-order valence-electron chi connectivity index (χ0n) is 11.8. The van der Waals surface area contributed by atoms with E-state index < -0.39 is 0 Å². The van der Waals surface area contributed by atoms with Crippen molar-refractivity contribution in [2.45, 2.75) is 12.5 Å². The molecule has 3 aromatic rings. The van der Waals surface area contributed by atoms with E-state index in [9.17, 15) is 4.79 Å². The largest absolute Gasteiger partial charge is 0.467 e. The van der Waals surface area contributed by atoms with Gasteiger partial charge in [0.1, 0.15) is 5.76 Å². The van der Waals surface area contributed by atoms with E-state index in [0.717, 1.165) is 11.4 Å². The summed E-state index contributed by atoms with van der Waals surface area (Å²) in [6, 6.07) is 14.4. The molecule has 112 valence electrons. The van der Waals surface area contributed by atoms with Crippen molar-refractivity contribution in [2.24, 2.45) is 0 Å². The Hall–Kier alpha value is -2.46. The van der Waals surface area contributed by atoms with Crippen LogP contribution in [0.2, 0.25) is 5.02 Å². The first-order valence-electron chi connectivity index (χ1n) is 6.93. The average Bonchev–Trinajstić information content (AvgIpc) is 3.21. The topological polar surface area (TPSA) is 47.2 Å². The third kappa shape index (κ3) is 3.40. The van der Waals surface area contributed by atoms with Crippen LogP contribution in [0.5, 0.6) is 0 Å². The molecule has 0 spiro atoms. The molecule has 0 aliphatic rings. The van der Waals surface area contributed by atoms with Crippen molar-refractivity contribution in [1.82, 2.24) is 4.57 Å². The fraction of sp³-hybridized carbons (Fsp3) is 0.118. The molecule has 0 aliphatic carbocycles. The second-order valence-electron chi connectivity index (χ2n) is 4.92. The third-order valence-corrected chi connectivity index (χ3v) is 3.62. The number of rotatable bonds is 5. The van der Waals surface area contributed by atoms with Gasteiger partial charge in [-0.3, -0.25) is 4.79 Å². The molecule has 3 rings (SSSR count). The maximum absolute atomic E-state index is 12.3. The quantitative estimate of drug-likeness (QED) is 0.761. The Labute approximate surface area is 133 Å². The average molecular weight is 315 g/mol. The standard InChI is InChI=1S/C17H15ClN2O2/c18-13-5-7-14(8-6-13)19-17(21)12-15(16-4-3-11-22-16)20-9-1-2-10-20/h1-11,15H,12H2,(H,19,21)/t15-/m1/s1. The predicted molar refractivity (Wildman–Crippen MR) is 86.0 cm³/mol. The smallest absolute Gasteiger partial charge is 0.226 e. The molecular formula is C17H15ClN2O2. The van der Waals surface area contributed by atoms with Gasteiger partial charge in [-0.15, -0.1) is 0 Å². The van der Waals surface area contributed by atoms with Crippen molar-refractivity contribution in [2.75, 3.05) is 5.32 Å². The van der Waals surface area contributed by atoms with Crippen LogP contribution in [-0.4, -0.2) is 10.5 Å². The lowest BCUT2D eigenvalue weighted by Crippen LogP contribution is -2.19. The lowest BCUT2D eigenvalue weighted by Gasteiger charge is -2.16. The number of aromatic nitrogens is 1. The number of halogens is 1. The summed E-state index contributed by atoms with van der Waals surface area (Å²) < 4.78 is 7.43. The SMILES string of the molecule is O=C(C[C@H](c1ccco1)n1cccc1)Nc1ccc(Cl)cc1. The monoisotopic (exact) mass is 314 g/mol. The molecule has 1 amide bonds. The van der Waals surface area contributed by atoms with Crippen molar-refractivity contribution in [3.05, 3.63) is 78.0 Å². The van der Waals surface area contributed by atoms with Crippen LogP contribution in [0.1, 0.15) is 18.2 Å².